The summed E-state index contributed by atoms with van der Waals surface area (Å²) in [4.78, 5) is 0. The smallest absolute Gasteiger partial charge is 0.0178 e. The molecular formula is C5H9IN2. The highest BCUT2D eigenvalue weighted by Gasteiger charge is 1.61. The summed E-state index contributed by atoms with van der Waals surface area (Å²) < 4.78 is 1.03. The van der Waals surface area contributed by atoms with Crippen molar-refractivity contribution >= 4 is 22.6 Å². The van der Waals surface area contributed by atoms with Crippen LogP contribution in [0.1, 0.15) is 0 Å². The van der Waals surface area contributed by atoms with Crippen molar-refractivity contribution in [1.29, 1.82) is 0 Å². The number of allylic oxidation sites excluding steroid dienone is 3. The fourth-order valence-corrected chi connectivity index (χ4v) is 0.535. The Labute approximate surface area is 62.9 Å². The summed E-state index contributed by atoms with van der Waals surface area (Å²) in [5.74, 6) is 4.94. The molecule has 0 saturated heterocycles. The summed E-state index contributed by atoms with van der Waals surface area (Å²) in [7, 11) is 0. The molecule has 3 N–H and O–H groups in total. The van der Waals surface area contributed by atoms with Crippen LogP contribution in [0.25, 0.3) is 0 Å². The highest BCUT2D eigenvalue weighted by atomic mass is 127. The summed E-state index contributed by atoms with van der Waals surface area (Å²) in [6.45, 7) is 0. The molecule has 3 heteroatoms. The molecule has 0 spiro atoms. The van der Waals surface area contributed by atoms with Gasteiger partial charge in [-0.1, -0.05) is 34.7 Å². The molecule has 0 amide bonds. The van der Waals surface area contributed by atoms with E-state index in [0.29, 0.717) is 0 Å². The zero-order valence-electron chi connectivity index (χ0n) is 4.47. The SMILES string of the molecule is NN/C=C\C=C/CI. The van der Waals surface area contributed by atoms with Gasteiger partial charge in [0.2, 0.25) is 0 Å². The van der Waals surface area contributed by atoms with Crippen molar-refractivity contribution in [2.24, 2.45) is 5.84 Å². The average Bonchev–Trinajstić information content (AvgIpc) is 1.81. The molecule has 0 bridgehead atoms. The van der Waals surface area contributed by atoms with Gasteiger partial charge in [0.05, 0.1) is 0 Å². The van der Waals surface area contributed by atoms with Gasteiger partial charge < -0.3 is 5.43 Å². The molecule has 0 aromatic carbocycles. The van der Waals surface area contributed by atoms with Gasteiger partial charge in [-0.2, -0.15) is 0 Å². The number of hydrazine groups is 1. The second-order valence-corrected chi connectivity index (χ2v) is 1.99. The Kier molecular flexibility index (Phi) is 6.94. The van der Waals surface area contributed by atoms with E-state index in [1.165, 1.54) is 0 Å². The van der Waals surface area contributed by atoms with Crippen molar-refractivity contribution in [3.8, 4) is 0 Å². The van der Waals surface area contributed by atoms with Crippen molar-refractivity contribution in [3.05, 3.63) is 24.4 Å². The fraction of sp³-hybridized carbons (Fsp3) is 0.200. The molecule has 0 heterocycles. The Morgan fingerprint density at radius 3 is 2.75 bits per heavy atom. The molecule has 0 atom stereocenters. The molecule has 0 aliphatic heterocycles. The number of rotatable bonds is 3. The zero-order valence-corrected chi connectivity index (χ0v) is 6.63. The molecule has 0 unspecified atom stereocenters. The van der Waals surface area contributed by atoms with E-state index in [2.05, 4.69) is 28.0 Å². The van der Waals surface area contributed by atoms with Crippen LogP contribution < -0.4 is 11.3 Å². The predicted molar refractivity (Wildman–Crippen MR) is 44.5 cm³/mol. The van der Waals surface area contributed by atoms with E-state index in [1.807, 2.05) is 18.2 Å². The molecule has 0 saturated carbocycles. The lowest BCUT2D eigenvalue weighted by Gasteiger charge is -1.79. The van der Waals surface area contributed by atoms with E-state index < -0.39 is 0 Å². The second kappa shape index (κ2) is 6.97. The Balaban J connectivity index is 3.13. The summed E-state index contributed by atoms with van der Waals surface area (Å²) in [5, 5.41) is 0. The molecule has 2 nitrogen and oxygen atoms in total. The van der Waals surface area contributed by atoms with Crippen LogP contribution in [0.2, 0.25) is 0 Å². The normalized spacial score (nSPS) is 11.2. The predicted octanol–water partition coefficient (Wildman–Crippen LogP) is 0.955. The van der Waals surface area contributed by atoms with Crippen LogP contribution in [0.15, 0.2) is 24.4 Å². The summed E-state index contributed by atoms with van der Waals surface area (Å²) in [6.07, 6.45) is 7.49. The van der Waals surface area contributed by atoms with E-state index in [4.69, 9.17) is 5.84 Å². The van der Waals surface area contributed by atoms with E-state index in [-0.39, 0.29) is 0 Å². The minimum atomic E-state index is 1.03. The van der Waals surface area contributed by atoms with Gasteiger partial charge in [0.25, 0.3) is 0 Å². The number of nitrogens with one attached hydrogen (secondary N) is 1. The quantitative estimate of drug-likeness (QED) is 0.246. The lowest BCUT2D eigenvalue weighted by atomic mass is 10.5. The third-order valence-corrected chi connectivity index (χ3v) is 1.04. The van der Waals surface area contributed by atoms with Crippen LogP contribution in [-0.2, 0) is 0 Å². The van der Waals surface area contributed by atoms with E-state index in [0.717, 1.165) is 4.43 Å². The number of nitrogens with two attached hydrogens (primary N) is 1. The van der Waals surface area contributed by atoms with Crippen molar-refractivity contribution in [1.82, 2.24) is 5.43 Å². The minimum Gasteiger partial charge on any atom is -0.331 e. The van der Waals surface area contributed by atoms with Gasteiger partial charge in [0.15, 0.2) is 0 Å². The third-order valence-electron chi connectivity index (χ3n) is 0.529. The van der Waals surface area contributed by atoms with Crippen LogP contribution in [0.5, 0.6) is 0 Å². The highest BCUT2D eigenvalue weighted by molar-refractivity contribution is 14.1. The number of hydrogen-bond donors (Lipinski definition) is 2. The third kappa shape index (κ3) is 5.97. The summed E-state index contributed by atoms with van der Waals surface area (Å²) in [6, 6.07) is 0. The molecule has 46 valence electrons. The van der Waals surface area contributed by atoms with E-state index in [1.54, 1.807) is 6.20 Å². The molecule has 0 aliphatic carbocycles. The van der Waals surface area contributed by atoms with Crippen molar-refractivity contribution < 1.29 is 0 Å². The Morgan fingerprint density at radius 2 is 2.25 bits per heavy atom. The second-order valence-electron chi connectivity index (χ2n) is 1.11. The van der Waals surface area contributed by atoms with Crippen LogP contribution >= 0.6 is 22.6 Å². The van der Waals surface area contributed by atoms with Crippen LogP contribution in [0, 0.1) is 0 Å². The first-order valence-electron chi connectivity index (χ1n) is 2.25. The standard InChI is InChI=1S/C5H9IN2/c6-4-2-1-3-5-8-7/h1-3,5,8H,4,7H2/b2-1-,5-3-. The number of hydrogen-bond acceptors (Lipinski definition) is 2. The molecule has 0 aromatic heterocycles. The van der Waals surface area contributed by atoms with E-state index >= 15 is 0 Å². The molecule has 0 fully saturated rings. The first-order chi connectivity index (χ1) is 3.91. The van der Waals surface area contributed by atoms with Gasteiger partial charge in [0.1, 0.15) is 0 Å². The molecule has 0 rings (SSSR count). The first-order valence-corrected chi connectivity index (χ1v) is 3.78. The van der Waals surface area contributed by atoms with E-state index in [9.17, 15) is 0 Å². The lowest BCUT2D eigenvalue weighted by molar-refractivity contribution is 0.968. The van der Waals surface area contributed by atoms with Crippen molar-refractivity contribution in [2.45, 2.75) is 0 Å². The van der Waals surface area contributed by atoms with Gasteiger partial charge in [-0.25, -0.2) is 0 Å². The highest BCUT2D eigenvalue weighted by Crippen LogP contribution is 1.82. The average molecular weight is 224 g/mol. The van der Waals surface area contributed by atoms with Crippen LogP contribution in [-0.4, -0.2) is 4.43 Å². The molecule has 0 aliphatic rings. The summed E-state index contributed by atoms with van der Waals surface area (Å²) in [5.41, 5.74) is 2.39. The Morgan fingerprint density at radius 1 is 1.50 bits per heavy atom. The first kappa shape index (κ1) is 7.97. The maximum absolute atomic E-state index is 4.94. The molecular weight excluding hydrogens is 215 g/mol. The molecule has 0 radical (unpaired) electrons. The summed E-state index contributed by atoms with van der Waals surface area (Å²) >= 11 is 2.27. The molecule has 0 aromatic rings. The van der Waals surface area contributed by atoms with Crippen molar-refractivity contribution in [2.75, 3.05) is 4.43 Å². The Bertz CT molecular complexity index is 76.4. The number of alkyl halides is 1. The van der Waals surface area contributed by atoms with Gasteiger partial charge in [0, 0.05) is 10.6 Å². The van der Waals surface area contributed by atoms with Gasteiger partial charge in [-0.05, 0) is 6.08 Å². The van der Waals surface area contributed by atoms with Gasteiger partial charge in [-0.3, -0.25) is 5.84 Å². The minimum absolute atomic E-state index is 1.03. The lowest BCUT2D eigenvalue weighted by Crippen LogP contribution is -2.12. The van der Waals surface area contributed by atoms with Gasteiger partial charge >= 0.3 is 0 Å². The van der Waals surface area contributed by atoms with Crippen LogP contribution in [0.3, 0.4) is 0 Å². The molecule has 8 heavy (non-hydrogen) atoms. The maximum Gasteiger partial charge on any atom is 0.0178 e. The zero-order chi connectivity index (χ0) is 6.24. The van der Waals surface area contributed by atoms with Crippen molar-refractivity contribution in [3.63, 3.8) is 0 Å². The topological polar surface area (TPSA) is 38.0 Å². The fourth-order valence-electron chi connectivity index (χ4n) is 0.241. The van der Waals surface area contributed by atoms with Gasteiger partial charge in [-0.15, -0.1) is 0 Å². The maximum atomic E-state index is 4.94. The monoisotopic (exact) mass is 224 g/mol. The number of halogens is 1. The largest absolute Gasteiger partial charge is 0.331 e. The van der Waals surface area contributed by atoms with Crippen LogP contribution in [0.4, 0.5) is 0 Å². The Hall–Kier alpha value is -0.0300.